The first-order chi connectivity index (χ1) is 29.6. The zero-order valence-corrected chi connectivity index (χ0v) is 35.9. The summed E-state index contributed by atoms with van der Waals surface area (Å²) in [6.45, 7) is 5.58. The molecule has 13 nitrogen and oxygen atoms in total. The predicted octanol–water partition coefficient (Wildman–Crippen LogP) is 8.03. The molecule has 5 aliphatic rings. The lowest BCUT2D eigenvalue weighted by molar-refractivity contribution is -0.223. The van der Waals surface area contributed by atoms with E-state index in [1.165, 1.54) is 18.1 Å². The average Bonchev–Trinajstić information content (AvgIpc) is 3.83. The summed E-state index contributed by atoms with van der Waals surface area (Å²) >= 11 is 0. The van der Waals surface area contributed by atoms with Gasteiger partial charge in [0.25, 0.3) is 0 Å². The first-order valence-corrected chi connectivity index (χ1v) is 22.1. The van der Waals surface area contributed by atoms with E-state index < -0.39 is 5.82 Å². The maximum atomic E-state index is 17.6. The van der Waals surface area contributed by atoms with Crippen LogP contribution in [-0.4, -0.2) is 122 Å². The van der Waals surface area contributed by atoms with Gasteiger partial charge in [-0.2, -0.15) is 9.97 Å². The third-order valence-corrected chi connectivity index (χ3v) is 13.8. The molecule has 1 spiro atoms. The number of hydrogen-bond acceptors (Lipinski definition) is 12. The Morgan fingerprint density at radius 2 is 1.87 bits per heavy atom. The zero-order valence-electron chi connectivity index (χ0n) is 35.9. The fourth-order valence-electron chi connectivity index (χ4n) is 10.8. The summed E-state index contributed by atoms with van der Waals surface area (Å²) in [7, 11) is 4.89. The van der Waals surface area contributed by atoms with Crippen molar-refractivity contribution in [1.82, 2.24) is 24.8 Å². The van der Waals surface area contributed by atoms with Gasteiger partial charge in [-0.05, 0) is 124 Å². The number of halogens is 2. The lowest BCUT2D eigenvalue weighted by Gasteiger charge is -2.53. The highest BCUT2D eigenvalue weighted by Gasteiger charge is 2.51. The quantitative estimate of drug-likeness (QED) is 0.121. The van der Waals surface area contributed by atoms with Crippen molar-refractivity contribution in [2.75, 3.05) is 72.4 Å². The SMILES string of the molecule is CCc1c(F)ccc2cc(OCOC)cc(-c3ncc4c(N5CCCC6(CC(OC7CCCCO7)C6)C5)nc(OC[C@@]56CCCN5[C@H](COC(=O)N(C)C)CC6)nc4c3F)c12. The number of piperidine rings is 1. The number of methoxy groups -OCH3 is 1. The number of rotatable bonds is 13. The Morgan fingerprint density at radius 3 is 2.66 bits per heavy atom. The van der Waals surface area contributed by atoms with Crippen molar-refractivity contribution in [1.29, 1.82) is 0 Å². The Bertz CT molecular complexity index is 2250. The van der Waals surface area contributed by atoms with Crippen LogP contribution in [0.15, 0.2) is 30.5 Å². The van der Waals surface area contributed by atoms with Crippen molar-refractivity contribution in [2.45, 2.75) is 108 Å². The van der Waals surface area contributed by atoms with Gasteiger partial charge in [0.05, 0.1) is 17.0 Å². The number of carbonyl (C=O) groups excluding carboxylic acids is 1. The second-order valence-electron chi connectivity index (χ2n) is 18.0. The van der Waals surface area contributed by atoms with Gasteiger partial charge in [-0.25, -0.2) is 13.6 Å². The predicted molar refractivity (Wildman–Crippen MR) is 226 cm³/mol. The molecule has 61 heavy (non-hydrogen) atoms. The van der Waals surface area contributed by atoms with Crippen LogP contribution in [0.5, 0.6) is 11.8 Å². The number of ether oxygens (including phenoxy) is 6. The highest BCUT2D eigenvalue weighted by Crippen LogP contribution is 2.51. The molecule has 1 aliphatic carbocycles. The van der Waals surface area contributed by atoms with E-state index in [0.717, 1.165) is 96.9 Å². The standard InChI is InChI=1S/C46H58F2N6O7/c1-5-33-36(47)12-11-29-20-31(60-28-56-4)21-34(38(29)33)40-39(48)41-35(24-49-40)42(53-17-8-14-45(26-53)22-32(23-45)61-37-10-6-7-19-57-37)51-43(50-41)59-27-46-15-9-18-54(46)30(13-16-46)25-58-44(55)52(2)3/h11-12,20-21,24,30,32,37H,5-10,13-19,22-23,25-28H2,1-4H3/t30-,32?,37?,45?,46-/m0/s1. The van der Waals surface area contributed by atoms with E-state index in [2.05, 4.69) is 9.80 Å². The minimum Gasteiger partial charge on any atom is -0.468 e. The summed E-state index contributed by atoms with van der Waals surface area (Å²) in [5, 5.41) is 1.74. The van der Waals surface area contributed by atoms with Crippen LogP contribution < -0.4 is 14.4 Å². The summed E-state index contributed by atoms with van der Waals surface area (Å²) in [4.78, 5) is 33.1. The Balaban J connectivity index is 1.07. The number of pyridine rings is 1. The van der Waals surface area contributed by atoms with Crippen molar-refractivity contribution < 1.29 is 42.0 Å². The van der Waals surface area contributed by atoms with E-state index >= 15 is 8.78 Å². The molecule has 3 atom stereocenters. The number of nitrogens with zero attached hydrogens (tertiary/aromatic N) is 6. The first kappa shape index (κ1) is 41.9. The van der Waals surface area contributed by atoms with Gasteiger partial charge in [0.2, 0.25) is 0 Å². The highest BCUT2D eigenvalue weighted by atomic mass is 19.1. The van der Waals surface area contributed by atoms with Gasteiger partial charge < -0.3 is 38.2 Å². The van der Waals surface area contributed by atoms with Crippen LogP contribution in [0.4, 0.5) is 19.4 Å². The molecular weight excluding hydrogens is 787 g/mol. The van der Waals surface area contributed by atoms with Gasteiger partial charge in [-0.3, -0.25) is 9.88 Å². The van der Waals surface area contributed by atoms with Gasteiger partial charge in [-0.15, -0.1) is 0 Å². The molecule has 4 saturated heterocycles. The molecule has 6 heterocycles. The molecule has 0 N–H and O–H groups in total. The monoisotopic (exact) mass is 844 g/mol. The molecule has 5 fully saturated rings. The minimum atomic E-state index is -0.650. The minimum absolute atomic E-state index is 0.0167. The van der Waals surface area contributed by atoms with E-state index in [1.807, 2.05) is 6.92 Å². The lowest BCUT2D eigenvalue weighted by atomic mass is 9.62. The van der Waals surface area contributed by atoms with Crippen LogP contribution in [-0.2, 0) is 25.4 Å². The van der Waals surface area contributed by atoms with Crippen molar-refractivity contribution in [3.05, 3.63) is 47.7 Å². The maximum Gasteiger partial charge on any atom is 0.409 e. The van der Waals surface area contributed by atoms with Gasteiger partial charge in [-0.1, -0.05) is 13.0 Å². The van der Waals surface area contributed by atoms with Crippen molar-refractivity contribution in [2.24, 2.45) is 5.41 Å². The Kier molecular flexibility index (Phi) is 11.9. The van der Waals surface area contributed by atoms with Crippen molar-refractivity contribution in [3.63, 3.8) is 0 Å². The number of benzene rings is 2. The number of aryl methyl sites for hydroxylation is 1. The van der Waals surface area contributed by atoms with Crippen LogP contribution in [0, 0.1) is 17.0 Å². The van der Waals surface area contributed by atoms with E-state index in [0.29, 0.717) is 58.5 Å². The van der Waals surface area contributed by atoms with E-state index in [-0.39, 0.29) is 65.3 Å². The summed E-state index contributed by atoms with van der Waals surface area (Å²) in [5.41, 5.74) is 0.733. The second kappa shape index (κ2) is 17.4. The van der Waals surface area contributed by atoms with Crippen LogP contribution >= 0.6 is 0 Å². The normalized spacial score (nSPS) is 26.5. The second-order valence-corrected chi connectivity index (χ2v) is 18.0. The van der Waals surface area contributed by atoms with E-state index in [1.54, 1.807) is 38.5 Å². The molecule has 9 rings (SSSR count). The number of amides is 1. The fraction of sp³-hybridized carbons (Fsp3) is 0.609. The zero-order chi connectivity index (χ0) is 42.3. The molecule has 1 unspecified atom stereocenters. The Hall–Kier alpha value is -4.44. The third kappa shape index (κ3) is 8.18. The van der Waals surface area contributed by atoms with Crippen molar-refractivity contribution in [3.8, 4) is 23.0 Å². The molecule has 1 amide bonds. The Morgan fingerprint density at radius 1 is 1.02 bits per heavy atom. The molecule has 1 saturated carbocycles. The summed E-state index contributed by atoms with van der Waals surface area (Å²) in [6, 6.07) is 6.77. The van der Waals surface area contributed by atoms with Gasteiger partial charge >= 0.3 is 12.1 Å². The van der Waals surface area contributed by atoms with Gasteiger partial charge in [0, 0.05) is 58.7 Å². The number of carbonyl (C=O) groups is 1. The van der Waals surface area contributed by atoms with Gasteiger partial charge in [0.15, 0.2) is 18.9 Å². The molecule has 0 bridgehead atoms. The smallest absolute Gasteiger partial charge is 0.409 e. The molecule has 2 aromatic carbocycles. The van der Waals surface area contributed by atoms with Gasteiger partial charge in [0.1, 0.15) is 41.8 Å². The highest BCUT2D eigenvalue weighted by molar-refractivity contribution is 6.02. The number of fused-ring (bicyclic) bond motifs is 3. The van der Waals surface area contributed by atoms with Crippen molar-refractivity contribution >= 4 is 33.6 Å². The molecule has 328 valence electrons. The largest absolute Gasteiger partial charge is 0.468 e. The average molecular weight is 845 g/mol. The number of aromatic nitrogens is 3. The molecule has 0 radical (unpaired) electrons. The third-order valence-electron chi connectivity index (χ3n) is 13.8. The summed E-state index contributed by atoms with van der Waals surface area (Å²) < 4.78 is 68.5. The number of hydrogen-bond donors (Lipinski definition) is 0. The van der Waals surface area contributed by atoms with Crippen LogP contribution in [0.2, 0.25) is 0 Å². The topological polar surface area (TPSA) is 121 Å². The molecule has 15 heteroatoms. The molecule has 4 aliphatic heterocycles. The number of anilines is 1. The Labute approximate surface area is 356 Å². The summed E-state index contributed by atoms with van der Waals surface area (Å²) in [6.07, 6.45) is 12.4. The molecule has 4 aromatic rings. The molecular formula is C46H58F2N6O7. The van der Waals surface area contributed by atoms with E-state index in [4.69, 9.17) is 43.4 Å². The van der Waals surface area contributed by atoms with Crippen LogP contribution in [0.25, 0.3) is 32.9 Å². The first-order valence-electron chi connectivity index (χ1n) is 22.1. The fourth-order valence-corrected chi connectivity index (χ4v) is 10.8. The molecule has 2 aromatic heterocycles. The van der Waals surface area contributed by atoms with Crippen LogP contribution in [0.1, 0.15) is 83.1 Å². The summed E-state index contributed by atoms with van der Waals surface area (Å²) in [5.74, 6) is 0.000534. The lowest BCUT2D eigenvalue weighted by Crippen LogP contribution is -2.54. The maximum absolute atomic E-state index is 17.6. The van der Waals surface area contributed by atoms with Crippen LogP contribution in [0.3, 0.4) is 0 Å². The van der Waals surface area contributed by atoms with E-state index in [9.17, 15) is 4.79 Å².